The molecular weight excluding hydrogens is 392 g/mol. The van der Waals surface area contributed by atoms with Crippen LogP contribution in [-0.2, 0) is 12.8 Å². The van der Waals surface area contributed by atoms with Gasteiger partial charge in [0.1, 0.15) is 11.5 Å². The number of carbonyl (C=O) groups excluding carboxylic acids is 1. The standard InChI is InChI=1S/C24H28N4O3/c1-18-7-9-25-21(15-18)17-20-3-5-22(6-4-20)30-24(29)28-13-11-27(12-14-28)10-8-23-16-19(2)26-31-23/h3-7,9,15-16H,8,10-14,17H2,1-2H3. The van der Waals surface area contributed by atoms with E-state index in [-0.39, 0.29) is 6.09 Å². The van der Waals surface area contributed by atoms with E-state index in [1.54, 1.807) is 4.90 Å². The van der Waals surface area contributed by atoms with E-state index in [4.69, 9.17) is 9.26 Å². The van der Waals surface area contributed by atoms with Crippen molar-refractivity contribution in [1.29, 1.82) is 0 Å². The number of ether oxygens (including phenoxy) is 1. The number of benzene rings is 1. The highest BCUT2D eigenvalue weighted by atomic mass is 16.6. The van der Waals surface area contributed by atoms with Crippen LogP contribution in [-0.4, -0.2) is 58.8 Å². The first kappa shape index (κ1) is 21.1. The molecule has 4 rings (SSSR count). The van der Waals surface area contributed by atoms with E-state index in [1.807, 2.05) is 49.5 Å². The molecule has 0 bridgehead atoms. The molecule has 0 unspecified atom stereocenters. The van der Waals surface area contributed by atoms with Crippen LogP contribution in [0.15, 0.2) is 53.2 Å². The number of hydrogen-bond acceptors (Lipinski definition) is 6. The quantitative estimate of drug-likeness (QED) is 0.606. The third kappa shape index (κ3) is 5.92. The maximum absolute atomic E-state index is 12.5. The number of aromatic nitrogens is 2. The molecule has 0 radical (unpaired) electrons. The fourth-order valence-electron chi connectivity index (χ4n) is 3.70. The van der Waals surface area contributed by atoms with Crippen molar-refractivity contribution in [3.05, 3.63) is 76.9 Å². The second-order valence-corrected chi connectivity index (χ2v) is 8.03. The molecule has 1 aromatic carbocycles. The van der Waals surface area contributed by atoms with Crippen LogP contribution >= 0.6 is 0 Å². The van der Waals surface area contributed by atoms with Gasteiger partial charge in [-0.15, -0.1) is 0 Å². The summed E-state index contributed by atoms with van der Waals surface area (Å²) >= 11 is 0. The Balaban J connectivity index is 1.22. The number of nitrogens with zero attached hydrogens (tertiary/aromatic N) is 4. The minimum Gasteiger partial charge on any atom is -0.410 e. The molecule has 1 aliphatic heterocycles. The summed E-state index contributed by atoms with van der Waals surface area (Å²) in [5.74, 6) is 1.47. The lowest BCUT2D eigenvalue weighted by molar-refractivity contribution is 0.110. The summed E-state index contributed by atoms with van der Waals surface area (Å²) in [5, 5.41) is 3.92. The van der Waals surface area contributed by atoms with Crippen LogP contribution in [0, 0.1) is 13.8 Å². The Morgan fingerprint density at radius 2 is 1.84 bits per heavy atom. The first-order chi connectivity index (χ1) is 15.0. The molecule has 1 amide bonds. The molecule has 1 saturated heterocycles. The van der Waals surface area contributed by atoms with Crippen LogP contribution in [0.3, 0.4) is 0 Å². The van der Waals surface area contributed by atoms with Gasteiger partial charge in [-0.25, -0.2) is 4.79 Å². The Labute approximate surface area is 182 Å². The Kier molecular flexibility index (Phi) is 6.62. The predicted octanol–water partition coefficient (Wildman–Crippen LogP) is 3.64. The number of amides is 1. The zero-order valence-electron chi connectivity index (χ0n) is 18.1. The first-order valence-electron chi connectivity index (χ1n) is 10.7. The number of hydrogen-bond donors (Lipinski definition) is 0. The van der Waals surface area contributed by atoms with Gasteiger partial charge in [0, 0.05) is 63.5 Å². The summed E-state index contributed by atoms with van der Waals surface area (Å²) in [7, 11) is 0. The lowest BCUT2D eigenvalue weighted by Gasteiger charge is -2.33. The summed E-state index contributed by atoms with van der Waals surface area (Å²) in [6.07, 6.45) is 3.12. The molecule has 0 saturated carbocycles. The van der Waals surface area contributed by atoms with Gasteiger partial charge in [-0.1, -0.05) is 17.3 Å². The lowest BCUT2D eigenvalue weighted by atomic mass is 10.1. The molecule has 7 heteroatoms. The number of piperazine rings is 1. The van der Waals surface area contributed by atoms with E-state index in [0.717, 1.165) is 55.2 Å². The monoisotopic (exact) mass is 420 g/mol. The largest absolute Gasteiger partial charge is 0.415 e. The van der Waals surface area contributed by atoms with Crippen molar-refractivity contribution in [2.24, 2.45) is 0 Å². The van der Waals surface area contributed by atoms with Gasteiger partial charge in [-0.05, 0) is 49.2 Å². The van der Waals surface area contributed by atoms with Gasteiger partial charge >= 0.3 is 6.09 Å². The fraction of sp³-hybridized carbons (Fsp3) is 0.375. The fourth-order valence-corrected chi connectivity index (χ4v) is 3.70. The van der Waals surface area contributed by atoms with Gasteiger partial charge in [0.05, 0.1) is 5.69 Å². The predicted molar refractivity (Wildman–Crippen MR) is 117 cm³/mol. The topological polar surface area (TPSA) is 71.7 Å². The zero-order valence-corrected chi connectivity index (χ0v) is 18.1. The van der Waals surface area contributed by atoms with E-state index in [9.17, 15) is 4.79 Å². The average Bonchev–Trinajstić information content (AvgIpc) is 3.19. The average molecular weight is 421 g/mol. The smallest absolute Gasteiger partial charge is 0.410 e. The molecule has 3 aromatic rings. The van der Waals surface area contributed by atoms with E-state index < -0.39 is 0 Å². The second kappa shape index (κ2) is 9.75. The number of aryl methyl sites for hydroxylation is 2. The highest BCUT2D eigenvalue weighted by Gasteiger charge is 2.22. The third-order valence-electron chi connectivity index (χ3n) is 5.47. The van der Waals surface area contributed by atoms with E-state index >= 15 is 0 Å². The minimum atomic E-state index is -0.293. The molecule has 162 valence electrons. The second-order valence-electron chi connectivity index (χ2n) is 8.03. The van der Waals surface area contributed by atoms with Crippen LogP contribution in [0.4, 0.5) is 4.79 Å². The number of rotatable bonds is 6. The van der Waals surface area contributed by atoms with Gasteiger partial charge < -0.3 is 14.2 Å². The Morgan fingerprint density at radius 3 is 2.52 bits per heavy atom. The normalized spacial score (nSPS) is 14.6. The Hall–Kier alpha value is -3.19. The van der Waals surface area contributed by atoms with E-state index in [2.05, 4.69) is 28.0 Å². The Bertz CT molecular complexity index is 1010. The zero-order chi connectivity index (χ0) is 21.6. The van der Waals surface area contributed by atoms with Crippen molar-refractivity contribution in [3.63, 3.8) is 0 Å². The maximum atomic E-state index is 12.5. The van der Waals surface area contributed by atoms with Gasteiger partial charge in [0.2, 0.25) is 0 Å². The van der Waals surface area contributed by atoms with Crippen molar-refractivity contribution >= 4 is 6.09 Å². The number of carbonyl (C=O) groups is 1. The van der Waals surface area contributed by atoms with Gasteiger partial charge in [0.25, 0.3) is 0 Å². The molecule has 3 heterocycles. The molecule has 31 heavy (non-hydrogen) atoms. The Morgan fingerprint density at radius 1 is 1.06 bits per heavy atom. The van der Waals surface area contributed by atoms with Crippen molar-refractivity contribution in [2.45, 2.75) is 26.7 Å². The van der Waals surface area contributed by atoms with Crippen LogP contribution in [0.5, 0.6) is 5.75 Å². The van der Waals surface area contributed by atoms with Crippen molar-refractivity contribution < 1.29 is 14.1 Å². The molecule has 1 fully saturated rings. The lowest BCUT2D eigenvalue weighted by Crippen LogP contribution is -2.49. The molecule has 2 aromatic heterocycles. The summed E-state index contributed by atoms with van der Waals surface area (Å²) in [5.41, 5.74) is 4.26. The van der Waals surface area contributed by atoms with Gasteiger partial charge in [0.15, 0.2) is 0 Å². The molecular formula is C24H28N4O3. The highest BCUT2D eigenvalue weighted by molar-refractivity contribution is 5.70. The maximum Gasteiger partial charge on any atom is 0.415 e. The van der Waals surface area contributed by atoms with Crippen molar-refractivity contribution in [2.75, 3.05) is 32.7 Å². The van der Waals surface area contributed by atoms with Crippen LogP contribution < -0.4 is 4.74 Å². The molecule has 0 N–H and O–H groups in total. The molecule has 7 nitrogen and oxygen atoms in total. The van der Waals surface area contributed by atoms with Gasteiger partial charge in [-0.3, -0.25) is 9.88 Å². The molecule has 1 aliphatic rings. The molecule has 0 aliphatic carbocycles. The van der Waals surface area contributed by atoms with Crippen molar-refractivity contribution in [3.8, 4) is 5.75 Å². The van der Waals surface area contributed by atoms with Gasteiger partial charge in [-0.2, -0.15) is 0 Å². The highest BCUT2D eigenvalue weighted by Crippen LogP contribution is 2.17. The summed E-state index contributed by atoms with van der Waals surface area (Å²) in [6.45, 7) is 7.85. The SMILES string of the molecule is Cc1ccnc(Cc2ccc(OC(=O)N3CCN(CCc4cc(C)no4)CC3)cc2)c1. The molecule has 0 spiro atoms. The molecule has 0 atom stereocenters. The van der Waals surface area contributed by atoms with Crippen LogP contribution in [0.25, 0.3) is 0 Å². The van der Waals surface area contributed by atoms with E-state index in [0.29, 0.717) is 18.8 Å². The third-order valence-corrected chi connectivity index (χ3v) is 5.47. The van der Waals surface area contributed by atoms with Crippen LogP contribution in [0.1, 0.15) is 28.3 Å². The van der Waals surface area contributed by atoms with E-state index in [1.165, 1.54) is 5.56 Å². The summed E-state index contributed by atoms with van der Waals surface area (Å²) < 4.78 is 10.8. The van der Waals surface area contributed by atoms with Crippen LogP contribution in [0.2, 0.25) is 0 Å². The summed E-state index contributed by atoms with van der Waals surface area (Å²) in [4.78, 5) is 21.0. The number of pyridine rings is 1. The minimum absolute atomic E-state index is 0.293. The summed E-state index contributed by atoms with van der Waals surface area (Å²) in [6, 6.07) is 13.7. The first-order valence-corrected chi connectivity index (χ1v) is 10.7. The van der Waals surface area contributed by atoms with Crippen molar-refractivity contribution in [1.82, 2.24) is 19.9 Å².